The van der Waals surface area contributed by atoms with E-state index in [4.69, 9.17) is 0 Å². The molecule has 0 spiro atoms. The summed E-state index contributed by atoms with van der Waals surface area (Å²) in [5.41, 5.74) is 2.03. The van der Waals surface area contributed by atoms with E-state index in [1.54, 1.807) is 16.4 Å². The van der Waals surface area contributed by atoms with Crippen LogP contribution in [0.15, 0.2) is 39.6 Å². The van der Waals surface area contributed by atoms with Gasteiger partial charge in [-0.25, -0.2) is 8.42 Å². The summed E-state index contributed by atoms with van der Waals surface area (Å²) in [6.45, 7) is 6.08. The van der Waals surface area contributed by atoms with Gasteiger partial charge >= 0.3 is 0 Å². The van der Waals surface area contributed by atoms with Gasteiger partial charge in [0.1, 0.15) is 0 Å². The van der Waals surface area contributed by atoms with Gasteiger partial charge in [-0.15, -0.1) is 11.8 Å². The number of fused-ring (bicyclic) bond motifs is 1. The summed E-state index contributed by atoms with van der Waals surface area (Å²) in [4.78, 5) is 13.4. The Balaban J connectivity index is 2.01. The molecule has 1 fully saturated rings. The number of benzene rings is 1. The van der Waals surface area contributed by atoms with E-state index in [2.05, 4.69) is 0 Å². The molecule has 1 aliphatic heterocycles. The molecule has 0 unspecified atom stereocenters. The fourth-order valence-electron chi connectivity index (χ4n) is 3.74. The van der Waals surface area contributed by atoms with Crippen LogP contribution in [0.2, 0.25) is 0 Å². The van der Waals surface area contributed by atoms with Crippen LogP contribution < -0.4 is 0 Å². The molecular weight excluding hydrogens is 330 g/mol. The van der Waals surface area contributed by atoms with E-state index < -0.39 is 10.0 Å². The molecule has 0 amide bonds. The van der Waals surface area contributed by atoms with Gasteiger partial charge in [-0.3, -0.25) is 4.79 Å². The van der Waals surface area contributed by atoms with Crippen molar-refractivity contribution in [2.45, 2.75) is 31.7 Å². The van der Waals surface area contributed by atoms with Crippen LogP contribution in [0.3, 0.4) is 0 Å². The Morgan fingerprint density at radius 2 is 1.78 bits per heavy atom. The highest BCUT2D eigenvalue weighted by Gasteiger charge is 2.51. The van der Waals surface area contributed by atoms with Crippen molar-refractivity contribution in [2.24, 2.45) is 11.8 Å². The molecule has 1 heterocycles. The lowest BCUT2D eigenvalue weighted by Gasteiger charge is -2.25. The second-order valence-corrected chi connectivity index (χ2v) is 9.05. The first-order chi connectivity index (χ1) is 10.8. The Labute approximate surface area is 142 Å². The van der Waals surface area contributed by atoms with Crippen molar-refractivity contribution < 1.29 is 13.2 Å². The number of sulfonamides is 1. The summed E-state index contributed by atoms with van der Waals surface area (Å²) in [5.74, 6) is 0.0302. The maximum atomic E-state index is 13.0. The molecule has 3 rings (SSSR count). The van der Waals surface area contributed by atoms with Crippen LogP contribution in [0.25, 0.3) is 0 Å². The molecular formula is C17H21NO3S2. The highest BCUT2D eigenvalue weighted by molar-refractivity contribution is 8.03. The van der Waals surface area contributed by atoms with Gasteiger partial charge in [0, 0.05) is 24.4 Å². The molecule has 2 aliphatic rings. The monoisotopic (exact) mass is 351 g/mol. The van der Waals surface area contributed by atoms with Gasteiger partial charge in [0.2, 0.25) is 10.0 Å². The van der Waals surface area contributed by atoms with Gasteiger partial charge in [0.15, 0.2) is 5.78 Å². The predicted molar refractivity (Wildman–Crippen MR) is 92.7 cm³/mol. The molecule has 0 aromatic heterocycles. The SMILES string of the molecule is CSC1=C2CN(S(=O)(=O)c3ccc(C)cc3)[C@@H](C)[C@H]2[C@@H](C)C1=O. The van der Waals surface area contributed by atoms with Crippen LogP contribution >= 0.6 is 11.8 Å². The van der Waals surface area contributed by atoms with E-state index in [9.17, 15) is 13.2 Å². The lowest BCUT2D eigenvalue weighted by Crippen LogP contribution is -2.38. The third-order valence-corrected chi connectivity index (χ3v) is 7.82. The minimum Gasteiger partial charge on any atom is -0.293 e. The number of carbonyl (C=O) groups is 1. The molecule has 0 N–H and O–H groups in total. The fourth-order valence-corrected chi connectivity index (χ4v) is 6.22. The summed E-state index contributed by atoms with van der Waals surface area (Å²) < 4.78 is 27.5. The summed E-state index contributed by atoms with van der Waals surface area (Å²) in [6, 6.07) is 6.74. The van der Waals surface area contributed by atoms with Crippen molar-refractivity contribution >= 4 is 27.6 Å². The maximum absolute atomic E-state index is 13.0. The number of nitrogens with zero attached hydrogens (tertiary/aromatic N) is 1. The smallest absolute Gasteiger partial charge is 0.243 e. The second-order valence-electron chi connectivity index (χ2n) is 6.34. The summed E-state index contributed by atoms with van der Waals surface area (Å²) in [7, 11) is -3.54. The average Bonchev–Trinajstić information content (AvgIpc) is 2.96. The first-order valence-electron chi connectivity index (χ1n) is 7.68. The first-order valence-corrected chi connectivity index (χ1v) is 10.3. The molecule has 1 aliphatic carbocycles. The van der Waals surface area contributed by atoms with Crippen LogP contribution in [-0.4, -0.2) is 37.3 Å². The minimum atomic E-state index is -3.54. The van der Waals surface area contributed by atoms with Gasteiger partial charge in [-0.05, 0) is 37.8 Å². The van der Waals surface area contributed by atoms with Gasteiger partial charge in [0.25, 0.3) is 0 Å². The van der Waals surface area contributed by atoms with Crippen molar-refractivity contribution in [1.82, 2.24) is 4.31 Å². The van der Waals surface area contributed by atoms with Crippen molar-refractivity contribution in [1.29, 1.82) is 0 Å². The van der Waals surface area contributed by atoms with Gasteiger partial charge in [0.05, 0.1) is 9.80 Å². The molecule has 23 heavy (non-hydrogen) atoms. The summed E-state index contributed by atoms with van der Waals surface area (Å²) >= 11 is 1.44. The first kappa shape index (κ1) is 16.7. The minimum absolute atomic E-state index is 0.00479. The number of hydrogen-bond acceptors (Lipinski definition) is 4. The molecule has 3 atom stereocenters. The molecule has 1 aromatic carbocycles. The van der Waals surface area contributed by atoms with E-state index >= 15 is 0 Å². The van der Waals surface area contributed by atoms with Crippen LogP contribution in [-0.2, 0) is 14.8 Å². The van der Waals surface area contributed by atoms with E-state index in [1.807, 2.05) is 39.2 Å². The zero-order valence-electron chi connectivity index (χ0n) is 13.7. The topological polar surface area (TPSA) is 54.5 Å². The number of aryl methyl sites for hydroxylation is 1. The van der Waals surface area contributed by atoms with E-state index in [1.165, 1.54) is 11.8 Å². The van der Waals surface area contributed by atoms with Crippen LogP contribution in [0, 0.1) is 18.8 Å². The number of ketones is 1. The van der Waals surface area contributed by atoms with Crippen LogP contribution in [0.1, 0.15) is 19.4 Å². The van der Waals surface area contributed by atoms with E-state index in [0.29, 0.717) is 11.4 Å². The fraction of sp³-hybridized carbons (Fsp3) is 0.471. The molecule has 0 radical (unpaired) electrons. The number of allylic oxidation sites excluding steroid dienone is 1. The third-order valence-electron chi connectivity index (χ3n) is 5.00. The van der Waals surface area contributed by atoms with Crippen molar-refractivity contribution in [3.8, 4) is 0 Å². The zero-order valence-corrected chi connectivity index (χ0v) is 15.4. The predicted octanol–water partition coefficient (Wildman–Crippen LogP) is 2.84. The molecule has 4 nitrogen and oxygen atoms in total. The Morgan fingerprint density at radius 1 is 1.17 bits per heavy atom. The number of carbonyl (C=O) groups excluding carboxylic acids is 1. The van der Waals surface area contributed by atoms with Gasteiger partial charge in [-0.1, -0.05) is 24.6 Å². The summed E-state index contributed by atoms with van der Waals surface area (Å²) in [6.07, 6.45) is 1.89. The lowest BCUT2D eigenvalue weighted by atomic mass is 9.89. The number of thioether (sulfide) groups is 1. The second kappa shape index (κ2) is 5.76. The molecule has 1 saturated heterocycles. The average molecular weight is 351 g/mol. The standard InChI is InChI=1S/C17H21NO3S2/c1-10-5-7-13(8-6-10)23(20,21)18-9-14-15(12(18)3)11(2)16(19)17(14)22-4/h5-8,11-12,15H,9H2,1-4H3/t11-,12+,15-/m1/s1. The lowest BCUT2D eigenvalue weighted by molar-refractivity contribution is -0.118. The molecule has 0 saturated carbocycles. The Bertz CT molecular complexity index is 781. The van der Waals surface area contributed by atoms with Crippen LogP contribution in [0.4, 0.5) is 0 Å². The third kappa shape index (κ3) is 2.47. The van der Waals surface area contributed by atoms with Gasteiger partial charge in [-0.2, -0.15) is 4.31 Å². The van der Waals surface area contributed by atoms with Crippen LogP contribution in [0.5, 0.6) is 0 Å². The van der Waals surface area contributed by atoms with Crippen molar-refractivity contribution in [2.75, 3.05) is 12.8 Å². The normalized spacial score (nSPS) is 28.5. The molecule has 6 heteroatoms. The number of hydrogen-bond donors (Lipinski definition) is 0. The van der Waals surface area contributed by atoms with Crippen molar-refractivity contribution in [3.63, 3.8) is 0 Å². The maximum Gasteiger partial charge on any atom is 0.243 e. The Hall–Kier alpha value is -1.11. The zero-order chi connectivity index (χ0) is 16.9. The van der Waals surface area contributed by atoms with Crippen molar-refractivity contribution in [3.05, 3.63) is 40.3 Å². The highest BCUT2D eigenvalue weighted by Crippen LogP contribution is 2.47. The Kier molecular flexibility index (Phi) is 4.19. The summed E-state index contributed by atoms with van der Waals surface area (Å²) in [5, 5.41) is 0. The van der Waals surface area contributed by atoms with Gasteiger partial charge < -0.3 is 0 Å². The van der Waals surface area contributed by atoms with E-state index in [-0.39, 0.29) is 23.7 Å². The highest BCUT2D eigenvalue weighted by atomic mass is 32.2. The molecule has 1 aromatic rings. The number of Topliss-reactive ketones (excluding diaryl/α,β-unsaturated/α-hetero) is 1. The van der Waals surface area contributed by atoms with E-state index in [0.717, 1.165) is 16.0 Å². The largest absolute Gasteiger partial charge is 0.293 e. The molecule has 0 bridgehead atoms. The Morgan fingerprint density at radius 3 is 2.35 bits per heavy atom. The quantitative estimate of drug-likeness (QED) is 0.840. The number of rotatable bonds is 3. The molecule has 124 valence electrons.